The summed E-state index contributed by atoms with van der Waals surface area (Å²) in [6.07, 6.45) is 0.0806. The first kappa shape index (κ1) is 24.6. The molecule has 37 heavy (non-hydrogen) atoms. The summed E-state index contributed by atoms with van der Waals surface area (Å²) in [6, 6.07) is 17.7. The molecule has 0 saturated carbocycles. The number of nitrogens with one attached hydrogen (secondary N) is 1. The van der Waals surface area contributed by atoms with Crippen molar-refractivity contribution in [2.75, 3.05) is 0 Å². The molecule has 0 aliphatic carbocycles. The molecule has 1 atom stereocenters. The van der Waals surface area contributed by atoms with E-state index in [0.29, 0.717) is 27.6 Å². The van der Waals surface area contributed by atoms with Crippen LogP contribution in [0.15, 0.2) is 64.8 Å². The number of hydrogen-bond acceptors (Lipinski definition) is 5. The van der Waals surface area contributed by atoms with Crippen molar-refractivity contribution in [1.29, 1.82) is 0 Å². The van der Waals surface area contributed by atoms with Gasteiger partial charge in [0.1, 0.15) is 5.69 Å². The Morgan fingerprint density at radius 2 is 1.81 bits per heavy atom. The highest BCUT2D eigenvalue weighted by Crippen LogP contribution is 2.25. The van der Waals surface area contributed by atoms with Crippen LogP contribution in [0.3, 0.4) is 0 Å². The van der Waals surface area contributed by atoms with E-state index in [4.69, 9.17) is 10.1 Å². The summed E-state index contributed by atoms with van der Waals surface area (Å²) in [5.41, 5.74) is 7.28. The van der Waals surface area contributed by atoms with E-state index in [1.165, 1.54) is 16.9 Å². The third kappa shape index (κ3) is 4.60. The first-order valence-electron chi connectivity index (χ1n) is 12.2. The van der Waals surface area contributed by atoms with E-state index in [2.05, 4.69) is 25.2 Å². The highest BCUT2D eigenvalue weighted by atomic mass is 32.1. The van der Waals surface area contributed by atoms with Crippen LogP contribution in [0.2, 0.25) is 0 Å². The molecule has 5 aromatic rings. The standard InChI is InChI=1S/C29H29N5O2S/c1-17-10-9-13-25(19(17)3)34-18(2)14-24(32-34)27-21(5)31-29-33(28(27)36)23(16-37-29)15-26(35)30-20(4)22-11-7-6-8-12-22/h6-14,16,20H,15H2,1-5H3,(H,30,35). The zero-order chi connectivity index (χ0) is 26.3. The largest absolute Gasteiger partial charge is 0.349 e. The zero-order valence-electron chi connectivity index (χ0n) is 21.6. The molecule has 1 amide bonds. The number of aromatic nitrogens is 4. The normalized spacial score (nSPS) is 12.1. The molecule has 3 aromatic heterocycles. The minimum atomic E-state index is -0.215. The van der Waals surface area contributed by atoms with Crippen LogP contribution in [0.5, 0.6) is 0 Å². The molecule has 3 heterocycles. The summed E-state index contributed by atoms with van der Waals surface area (Å²) in [4.78, 5) is 31.9. The third-order valence-electron chi connectivity index (χ3n) is 6.79. The summed E-state index contributed by atoms with van der Waals surface area (Å²) >= 11 is 1.36. The van der Waals surface area contributed by atoms with Crippen LogP contribution in [0, 0.1) is 27.7 Å². The molecule has 8 heteroatoms. The average molecular weight is 512 g/mol. The quantitative estimate of drug-likeness (QED) is 0.337. The van der Waals surface area contributed by atoms with Crippen LogP contribution in [0.4, 0.5) is 0 Å². The Morgan fingerprint density at radius 1 is 1.05 bits per heavy atom. The van der Waals surface area contributed by atoms with Gasteiger partial charge < -0.3 is 5.32 Å². The van der Waals surface area contributed by atoms with Crippen molar-refractivity contribution in [3.63, 3.8) is 0 Å². The SMILES string of the molecule is Cc1cccc(-n2nc(-c3c(C)nc4scc(CC(=O)NC(C)c5ccccc5)n4c3=O)cc2C)c1C. The second-order valence-corrected chi connectivity index (χ2v) is 10.2. The molecular formula is C29H29N5O2S. The third-order valence-corrected chi connectivity index (χ3v) is 7.66. The van der Waals surface area contributed by atoms with Gasteiger partial charge in [0.15, 0.2) is 4.96 Å². The van der Waals surface area contributed by atoms with Gasteiger partial charge in [-0.05, 0) is 63.4 Å². The van der Waals surface area contributed by atoms with E-state index in [1.807, 2.05) is 79.4 Å². The van der Waals surface area contributed by atoms with Crippen molar-refractivity contribution in [2.24, 2.45) is 0 Å². The number of fused-ring (bicyclic) bond motifs is 1. The van der Waals surface area contributed by atoms with Gasteiger partial charge in [0.25, 0.3) is 5.56 Å². The van der Waals surface area contributed by atoms with E-state index in [1.54, 1.807) is 4.40 Å². The van der Waals surface area contributed by atoms with Gasteiger partial charge in [0, 0.05) is 16.8 Å². The van der Waals surface area contributed by atoms with Crippen LogP contribution >= 0.6 is 11.3 Å². The molecule has 0 bridgehead atoms. The van der Waals surface area contributed by atoms with E-state index in [9.17, 15) is 9.59 Å². The summed E-state index contributed by atoms with van der Waals surface area (Å²) in [6.45, 7) is 9.90. The maximum Gasteiger partial charge on any atom is 0.268 e. The smallest absolute Gasteiger partial charge is 0.268 e. The van der Waals surface area contributed by atoms with Gasteiger partial charge in [0.2, 0.25) is 5.91 Å². The molecule has 1 N–H and O–H groups in total. The van der Waals surface area contributed by atoms with E-state index in [0.717, 1.165) is 22.5 Å². The molecule has 7 nitrogen and oxygen atoms in total. The Balaban J connectivity index is 1.50. The topological polar surface area (TPSA) is 81.3 Å². The minimum Gasteiger partial charge on any atom is -0.349 e. The molecule has 0 saturated heterocycles. The number of amides is 1. The van der Waals surface area contributed by atoms with Crippen LogP contribution in [-0.2, 0) is 11.2 Å². The number of thiazole rings is 1. The number of nitrogens with zero attached hydrogens (tertiary/aromatic N) is 4. The molecule has 0 radical (unpaired) electrons. The number of hydrogen-bond donors (Lipinski definition) is 1. The summed E-state index contributed by atoms with van der Waals surface area (Å²) in [7, 11) is 0. The molecule has 5 rings (SSSR count). The number of carbonyl (C=O) groups is 1. The van der Waals surface area contributed by atoms with Crippen molar-refractivity contribution in [3.05, 3.63) is 104 Å². The van der Waals surface area contributed by atoms with Crippen LogP contribution in [0.25, 0.3) is 21.9 Å². The first-order chi connectivity index (χ1) is 17.7. The molecule has 1 unspecified atom stereocenters. The Bertz CT molecular complexity index is 1680. The van der Waals surface area contributed by atoms with Gasteiger partial charge in [-0.2, -0.15) is 5.10 Å². The van der Waals surface area contributed by atoms with Gasteiger partial charge in [-0.3, -0.25) is 14.0 Å². The second kappa shape index (κ2) is 9.78. The molecule has 0 aliphatic heterocycles. The Morgan fingerprint density at radius 3 is 2.57 bits per heavy atom. The highest BCUT2D eigenvalue weighted by molar-refractivity contribution is 7.15. The van der Waals surface area contributed by atoms with E-state index >= 15 is 0 Å². The lowest BCUT2D eigenvalue weighted by Gasteiger charge is -2.14. The lowest BCUT2D eigenvalue weighted by molar-refractivity contribution is -0.121. The Labute approximate surface area is 219 Å². The van der Waals surface area contributed by atoms with Crippen molar-refractivity contribution in [1.82, 2.24) is 24.5 Å². The van der Waals surface area contributed by atoms with Crippen molar-refractivity contribution < 1.29 is 4.79 Å². The van der Waals surface area contributed by atoms with Crippen LogP contribution < -0.4 is 10.9 Å². The Hall–Kier alpha value is -4.04. The molecule has 0 spiro atoms. The summed E-state index contributed by atoms with van der Waals surface area (Å²) in [5.74, 6) is -0.153. The van der Waals surface area contributed by atoms with Crippen molar-refractivity contribution in [3.8, 4) is 16.9 Å². The number of carbonyl (C=O) groups excluding carboxylic acids is 1. The predicted molar refractivity (Wildman–Crippen MR) is 148 cm³/mol. The van der Waals surface area contributed by atoms with Crippen molar-refractivity contribution in [2.45, 2.75) is 47.1 Å². The summed E-state index contributed by atoms with van der Waals surface area (Å²) in [5, 5.41) is 9.68. The van der Waals surface area contributed by atoms with E-state index in [-0.39, 0.29) is 23.9 Å². The predicted octanol–water partition coefficient (Wildman–Crippen LogP) is 5.26. The molecular weight excluding hydrogens is 482 g/mol. The number of aryl methyl sites for hydroxylation is 3. The molecule has 2 aromatic carbocycles. The van der Waals surface area contributed by atoms with Gasteiger partial charge in [-0.15, -0.1) is 11.3 Å². The fourth-order valence-corrected chi connectivity index (χ4v) is 5.54. The summed E-state index contributed by atoms with van der Waals surface area (Å²) < 4.78 is 3.42. The monoisotopic (exact) mass is 511 g/mol. The van der Waals surface area contributed by atoms with Crippen LogP contribution in [-0.4, -0.2) is 25.1 Å². The fraction of sp³-hybridized carbons (Fsp3) is 0.241. The van der Waals surface area contributed by atoms with Gasteiger partial charge in [-0.1, -0.05) is 42.5 Å². The maximum absolute atomic E-state index is 13.8. The average Bonchev–Trinajstić information content (AvgIpc) is 3.44. The van der Waals surface area contributed by atoms with Crippen molar-refractivity contribution >= 4 is 22.2 Å². The highest BCUT2D eigenvalue weighted by Gasteiger charge is 2.21. The molecule has 0 aliphatic rings. The molecule has 0 fully saturated rings. The van der Waals surface area contributed by atoms with Gasteiger partial charge in [-0.25, -0.2) is 9.67 Å². The maximum atomic E-state index is 13.8. The lowest BCUT2D eigenvalue weighted by atomic mass is 10.1. The Kier molecular flexibility index (Phi) is 6.52. The number of rotatable bonds is 6. The molecule has 188 valence electrons. The lowest BCUT2D eigenvalue weighted by Crippen LogP contribution is -2.29. The number of benzene rings is 2. The van der Waals surface area contributed by atoms with Gasteiger partial charge in [0.05, 0.1) is 29.4 Å². The zero-order valence-corrected chi connectivity index (χ0v) is 22.4. The minimum absolute atomic E-state index is 0.0806. The second-order valence-electron chi connectivity index (χ2n) is 9.40. The van der Waals surface area contributed by atoms with E-state index < -0.39 is 0 Å². The van der Waals surface area contributed by atoms with Gasteiger partial charge >= 0.3 is 0 Å². The first-order valence-corrected chi connectivity index (χ1v) is 13.1. The fourth-order valence-electron chi connectivity index (χ4n) is 4.61. The van der Waals surface area contributed by atoms with Crippen LogP contribution in [0.1, 0.15) is 46.7 Å².